The zero-order valence-electron chi connectivity index (χ0n) is 9.81. The molecule has 88 valence electrons. The van der Waals surface area contributed by atoms with Gasteiger partial charge in [-0.15, -0.1) is 0 Å². The molecule has 2 rings (SSSR count). The van der Waals surface area contributed by atoms with Crippen LogP contribution in [-0.2, 0) is 4.79 Å². The molecule has 0 spiro atoms. The summed E-state index contributed by atoms with van der Waals surface area (Å²) in [6.07, 6.45) is 0.772. The van der Waals surface area contributed by atoms with Crippen molar-refractivity contribution in [2.75, 3.05) is 18.0 Å². The summed E-state index contributed by atoms with van der Waals surface area (Å²) in [5.74, 6) is -0.347. The maximum atomic E-state index is 11.1. The van der Waals surface area contributed by atoms with Crippen LogP contribution in [0.2, 0.25) is 0 Å². The number of carbonyl (C=O) groups is 1. The average Bonchev–Trinajstić information content (AvgIpc) is 2.78. The minimum atomic E-state index is -0.251. The fraction of sp³-hybridized carbons (Fsp3) is 0.385. The Balaban J connectivity index is 2.27. The van der Waals surface area contributed by atoms with Crippen LogP contribution in [-0.4, -0.2) is 19.0 Å². The number of aryl methyl sites for hydroxylation is 1. The monoisotopic (exact) mass is 229 g/mol. The van der Waals surface area contributed by atoms with Crippen LogP contribution in [0.5, 0.6) is 0 Å². The molecule has 1 amide bonds. The van der Waals surface area contributed by atoms with Gasteiger partial charge >= 0.3 is 0 Å². The third kappa shape index (κ3) is 2.23. The molecule has 1 aromatic carbocycles. The first kappa shape index (κ1) is 11.5. The van der Waals surface area contributed by atoms with E-state index in [0.29, 0.717) is 12.1 Å². The molecule has 1 aliphatic heterocycles. The molecule has 0 radical (unpaired) electrons. The zero-order chi connectivity index (χ0) is 12.4. The first-order valence-electron chi connectivity index (χ1n) is 5.67. The summed E-state index contributed by atoms with van der Waals surface area (Å²) >= 11 is 0. The van der Waals surface area contributed by atoms with Gasteiger partial charge in [-0.05, 0) is 31.0 Å². The largest absolute Gasteiger partial charge is 0.370 e. The smallest absolute Gasteiger partial charge is 0.222 e. The molecule has 1 atom stereocenters. The lowest BCUT2D eigenvalue weighted by molar-refractivity contribution is -0.121. The van der Waals surface area contributed by atoms with Crippen molar-refractivity contribution < 1.29 is 4.79 Å². The molecule has 1 aliphatic rings. The Morgan fingerprint density at radius 2 is 2.35 bits per heavy atom. The van der Waals surface area contributed by atoms with Crippen LogP contribution in [0.15, 0.2) is 18.2 Å². The highest BCUT2D eigenvalue weighted by atomic mass is 16.1. The Hall–Kier alpha value is -2.02. The highest BCUT2D eigenvalue weighted by Crippen LogP contribution is 2.27. The quantitative estimate of drug-likeness (QED) is 0.827. The van der Waals surface area contributed by atoms with Crippen molar-refractivity contribution in [1.82, 2.24) is 0 Å². The lowest BCUT2D eigenvalue weighted by Gasteiger charge is -2.20. The number of benzene rings is 1. The van der Waals surface area contributed by atoms with E-state index in [1.54, 1.807) is 0 Å². The van der Waals surface area contributed by atoms with Crippen LogP contribution >= 0.6 is 0 Å². The van der Waals surface area contributed by atoms with Gasteiger partial charge in [-0.2, -0.15) is 5.26 Å². The van der Waals surface area contributed by atoms with Crippen molar-refractivity contribution in [2.45, 2.75) is 13.3 Å². The molecule has 17 heavy (non-hydrogen) atoms. The Morgan fingerprint density at radius 1 is 1.59 bits per heavy atom. The van der Waals surface area contributed by atoms with Gasteiger partial charge < -0.3 is 10.6 Å². The maximum absolute atomic E-state index is 11.1. The van der Waals surface area contributed by atoms with Crippen LogP contribution in [0.1, 0.15) is 17.5 Å². The third-order valence-corrected chi connectivity index (χ3v) is 3.20. The van der Waals surface area contributed by atoms with E-state index in [9.17, 15) is 4.79 Å². The fourth-order valence-electron chi connectivity index (χ4n) is 2.21. The molecule has 1 aromatic rings. The number of hydrogen-bond donors (Lipinski definition) is 1. The van der Waals surface area contributed by atoms with Gasteiger partial charge in [0.05, 0.1) is 17.2 Å². The van der Waals surface area contributed by atoms with Crippen molar-refractivity contribution in [1.29, 1.82) is 5.26 Å². The summed E-state index contributed by atoms with van der Waals surface area (Å²) in [7, 11) is 0. The van der Waals surface area contributed by atoms with Crippen molar-refractivity contribution in [3.8, 4) is 6.07 Å². The van der Waals surface area contributed by atoms with Gasteiger partial charge in [-0.1, -0.05) is 6.07 Å². The minimum Gasteiger partial charge on any atom is -0.370 e. The van der Waals surface area contributed by atoms with Gasteiger partial charge in [-0.25, -0.2) is 0 Å². The summed E-state index contributed by atoms with van der Waals surface area (Å²) in [6.45, 7) is 3.39. The van der Waals surface area contributed by atoms with Gasteiger partial charge in [-0.3, -0.25) is 4.79 Å². The van der Waals surface area contributed by atoms with Crippen LogP contribution < -0.4 is 10.6 Å². The molecule has 4 heteroatoms. The van der Waals surface area contributed by atoms with Crippen molar-refractivity contribution >= 4 is 11.6 Å². The normalized spacial score (nSPS) is 19.1. The standard InChI is InChI=1S/C13H15N3O/c1-9-2-3-10(7-14)12(6-9)16-5-4-11(8-16)13(15)17/h2-3,6,11H,4-5,8H2,1H3,(H2,15,17). The van der Waals surface area contributed by atoms with E-state index in [-0.39, 0.29) is 11.8 Å². The van der Waals surface area contributed by atoms with Crippen molar-refractivity contribution in [3.05, 3.63) is 29.3 Å². The Kier molecular flexibility index (Phi) is 3.01. The van der Waals surface area contributed by atoms with E-state index in [1.165, 1.54) is 0 Å². The number of hydrogen-bond acceptors (Lipinski definition) is 3. The summed E-state index contributed by atoms with van der Waals surface area (Å²) in [5.41, 5.74) is 7.99. The molecule has 1 saturated heterocycles. The molecule has 2 N–H and O–H groups in total. The Bertz CT molecular complexity index is 490. The van der Waals surface area contributed by atoms with E-state index in [4.69, 9.17) is 11.0 Å². The number of nitriles is 1. The number of amides is 1. The highest BCUT2D eigenvalue weighted by molar-refractivity contribution is 5.78. The molecular weight excluding hydrogens is 214 g/mol. The summed E-state index contributed by atoms with van der Waals surface area (Å²) < 4.78 is 0. The second-order valence-corrected chi connectivity index (χ2v) is 4.47. The second kappa shape index (κ2) is 4.46. The number of anilines is 1. The van der Waals surface area contributed by atoms with Gasteiger partial charge in [0.15, 0.2) is 0 Å². The SMILES string of the molecule is Cc1ccc(C#N)c(N2CCC(C(N)=O)C2)c1. The highest BCUT2D eigenvalue weighted by Gasteiger charge is 2.27. The topological polar surface area (TPSA) is 70.1 Å². The fourth-order valence-corrected chi connectivity index (χ4v) is 2.21. The number of nitrogens with zero attached hydrogens (tertiary/aromatic N) is 2. The van der Waals surface area contributed by atoms with Crippen LogP contribution in [0.25, 0.3) is 0 Å². The summed E-state index contributed by atoms with van der Waals surface area (Å²) in [6, 6.07) is 7.92. The maximum Gasteiger partial charge on any atom is 0.222 e. The summed E-state index contributed by atoms with van der Waals surface area (Å²) in [4.78, 5) is 13.2. The van der Waals surface area contributed by atoms with Crippen LogP contribution in [0.4, 0.5) is 5.69 Å². The predicted octanol–water partition coefficient (Wildman–Crippen LogP) is 1.18. The third-order valence-electron chi connectivity index (χ3n) is 3.20. The lowest BCUT2D eigenvalue weighted by atomic mass is 10.1. The molecule has 0 saturated carbocycles. The molecule has 1 unspecified atom stereocenters. The first-order valence-corrected chi connectivity index (χ1v) is 5.67. The van der Waals surface area contributed by atoms with E-state index in [0.717, 1.165) is 24.2 Å². The number of carbonyl (C=O) groups excluding carboxylic acids is 1. The van der Waals surface area contributed by atoms with E-state index >= 15 is 0 Å². The molecule has 4 nitrogen and oxygen atoms in total. The Labute approximate surface area is 101 Å². The Morgan fingerprint density at radius 3 is 2.94 bits per heavy atom. The van der Waals surface area contributed by atoms with Crippen molar-refractivity contribution in [3.63, 3.8) is 0 Å². The van der Waals surface area contributed by atoms with Crippen molar-refractivity contribution in [2.24, 2.45) is 11.7 Å². The second-order valence-electron chi connectivity index (χ2n) is 4.47. The molecular formula is C13H15N3O. The number of rotatable bonds is 2. The number of primary amides is 1. The first-order chi connectivity index (χ1) is 8.11. The van der Waals surface area contributed by atoms with Gasteiger partial charge in [0.1, 0.15) is 6.07 Å². The molecule has 0 aromatic heterocycles. The van der Waals surface area contributed by atoms with E-state index in [1.807, 2.05) is 25.1 Å². The van der Waals surface area contributed by atoms with E-state index in [2.05, 4.69) is 11.0 Å². The van der Waals surface area contributed by atoms with Gasteiger partial charge in [0, 0.05) is 13.1 Å². The number of nitrogens with two attached hydrogens (primary N) is 1. The zero-order valence-corrected chi connectivity index (χ0v) is 9.81. The molecule has 1 heterocycles. The lowest BCUT2D eigenvalue weighted by Crippen LogP contribution is -2.27. The average molecular weight is 229 g/mol. The molecule has 0 bridgehead atoms. The van der Waals surface area contributed by atoms with E-state index < -0.39 is 0 Å². The van der Waals surface area contributed by atoms with Gasteiger partial charge in [0.2, 0.25) is 5.91 Å². The van der Waals surface area contributed by atoms with Crippen LogP contribution in [0, 0.1) is 24.2 Å². The molecule has 1 fully saturated rings. The molecule has 0 aliphatic carbocycles. The van der Waals surface area contributed by atoms with Crippen LogP contribution in [0.3, 0.4) is 0 Å². The minimum absolute atomic E-state index is 0.0953. The summed E-state index contributed by atoms with van der Waals surface area (Å²) in [5, 5.41) is 9.08. The van der Waals surface area contributed by atoms with Gasteiger partial charge in [0.25, 0.3) is 0 Å². The predicted molar refractivity (Wildman–Crippen MR) is 65.4 cm³/mol.